The summed E-state index contributed by atoms with van der Waals surface area (Å²) in [5, 5.41) is 2.58. The highest BCUT2D eigenvalue weighted by Crippen LogP contribution is 2.40. The molecule has 0 unspecified atom stereocenters. The number of aromatic nitrogens is 4. The molecular weight excluding hydrogens is 519 g/mol. The molecule has 1 aliphatic carbocycles. The molecule has 3 heterocycles. The Labute approximate surface area is 223 Å². The first-order chi connectivity index (χ1) is 18.2. The van der Waals surface area contributed by atoms with Crippen molar-refractivity contribution in [1.29, 1.82) is 0 Å². The van der Waals surface area contributed by atoms with E-state index < -0.39 is 35.2 Å². The van der Waals surface area contributed by atoms with Crippen LogP contribution in [-0.2, 0) is 33.9 Å². The lowest BCUT2D eigenvalue weighted by atomic mass is 10.1. The minimum absolute atomic E-state index is 0.0496. The average Bonchev–Trinajstić information content (AvgIpc) is 3.61. The minimum atomic E-state index is -4.68. The van der Waals surface area contributed by atoms with Crippen LogP contribution in [0.4, 0.5) is 23.8 Å². The number of carbonyl (C=O) groups is 2. The molecule has 4 rings (SSSR count). The molecule has 0 bridgehead atoms. The summed E-state index contributed by atoms with van der Waals surface area (Å²) in [4.78, 5) is 43.3. The predicted molar refractivity (Wildman–Crippen MR) is 138 cm³/mol. The van der Waals surface area contributed by atoms with Crippen LogP contribution >= 0.6 is 0 Å². The zero-order chi connectivity index (χ0) is 29.1. The van der Waals surface area contributed by atoms with Gasteiger partial charge in [0, 0.05) is 13.1 Å². The molecule has 0 aromatic carbocycles. The third kappa shape index (κ3) is 6.95. The molecule has 0 atom stereocenters. The number of carbonyl (C=O) groups excluding carboxylic acids is 2. The highest BCUT2D eigenvalue weighted by Gasteiger charge is 2.40. The Balaban J connectivity index is 0.000000983. The average molecular weight is 552 g/mol. The fourth-order valence-electron chi connectivity index (χ4n) is 4.05. The van der Waals surface area contributed by atoms with E-state index in [1.165, 1.54) is 11.7 Å². The van der Waals surface area contributed by atoms with Crippen molar-refractivity contribution in [3.63, 3.8) is 0 Å². The van der Waals surface area contributed by atoms with Gasteiger partial charge < -0.3 is 14.0 Å². The van der Waals surface area contributed by atoms with Crippen LogP contribution in [-0.4, -0.2) is 44.4 Å². The zero-order valence-electron chi connectivity index (χ0n) is 22.7. The fourth-order valence-corrected chi connectivity index (χ4v) is 4.05. The van der Waals surface area contributed by atoms with Crippen LogP contribution in [0, 0.1) is 0 Å². The van der Waals surface area contributed by atoms with E-state index in [0.717, 1.165) is 22.6 Å². The van der Waals surface area contributed by atoms with E-state index in [1.54, 1.807) is 40.0 Å². The number of hydrogen-bond donors (Lipinski definition) is 1. The second kappa shape index (κ2) is 11.5. The number of alkyl halides is 3. The molecule has 1 N–H and O–H groups in total. The lowest BCUT2D eigenvalue weighted by Gasteiger charge is -2.19. The van der Waals surface area contributed by atoms with Crippen molar-refractivity contribution < 1.29 is 32.2 Å². The maximum Gasteiger partial charge on any atom is 0.431 e. The van der Waals surface area contributed by atoms with Crippen molar-refractivity contribution in [2.75, 3.05) is 12.4 Å². The summed E-state index contributed by atoms with van der Waals surface area (Å²) >= 11 is 0. The van der Waals surface area contributed by atoms with Gasteiger partial charge in [0.2, 0.25) is 0 Å². The number of ether oxygens (including phenoxy) is 2. The van der Waals surface area contributed by atoms with Gasteiger partial charge in [-0.25, -0.2) is 14.8 Å². The van der Waals surface area contributed by atoms with Crippen LogP contribution in [0.25, 0.3) is 22.6 Å². The number of nitrogens with one attached hydrogen (secondary N) is 1. The summed E-state index contributed by atoms with van der Waals surface area (Å²) in [7, 11) is 2.90. The molecule has 1 fully saturated rings. The van der Waals surface area contributed by atoms with Gasteiger partial charge in [0.15, 0.2) is 5.82 Å². The number of methoxy groups -OCH3 is 1. The monoisotopic (exact) mass is 551 g/mol. The van der Waals surface area contributed by atoms with E-state index in [-0.39, 0.29) is 22.7 Å². The Kier molecular flexibility index (Phi) is 8.71. The van der Waals surface area contributed by atoms with Crippen molar-refractivity contribution in [3.8, 4) is 11.5 Å². The van der Waals surface area contributed by atoms with Gasteiger partial charge in [-0.3, -0.25) is 19.5 Å². The van der Waals surface area contributed by atoms with Gasteiger partial charge in [0.1, 0.15) is 28.3 Å². The van der Waals surface area contributed by atoms with E-state index in [9.17, 15) is 22.8 Å². The van der Waals surface area contributed by atoms with E-state index in [4.69, 9.17) is 9.53 Å². The van der Waals surface area contributed by atoms with E-state index in [2.05, 4.69) is 20.0 Å². The van der Waals surface area contributed by atoms with Gasteiger partial charge in [-0.15, -0.1) is 0 Å². The van der Waals surface area contributed by atoms with Gasteiger partial charge in [0.05, 0.1) is 12.6 Å². The van der Waals surface area contributed by atoms with Gasteiger partial charge in [-0.05, 0) is 57.7 Å². The molecule has 13 heteroatoms. The number of pyridine rings is 2. The number of fused-ring (bicyclic) bond motifs is 1. The molecule has 0 saturated heterocycles. The fraction of sp³-hybridized carbons (Fsp3) is 0.500. The maximum absolute atomic E-state index is 13.8. The minimum Gasteiger partial charge on any atom is -0.471 e. The molecule has 1 amide bonds. The summed E-state index contributed by atoms with van der Waals surface area (Å²) < 4.78 is 52.8. The molecule has 212 valence electrons. The third-order valence-corrected chi connectivity index (χ3v) is 5.71. The van der Waals surface area contributed by atoms with Crippen LogP contribution < -0.4 is 10.9 Å². The largest absolute Gasteiger partial charge is 0.471 e. The Morgan fingerprint density at radius 2 is 1.85 bits per heavy atom. The van der Waals surface area contributed by atoms with Gasteiger partial charge in [0.25, 0.3) is 12.0 Å². The van der Waals surface area contributed by atoms with Crippen LogP contribution in [0.15, 0.2) is 23.0 Å². The second-order valence-electron chi connectivity index (χ2n) is 10.1. The Hall–Kier alpha value is -3.90. The van der Waals surface area contributed by atoms with Crippen LogP contribution in [0.2, 0.25) is 0 Å². The quantitative estimate of drug-likeness (QED) is 0.417. The Morgan fingerprint density at radius 1 is 1.21 bits per heavy atom. The first kappa shape index (κ1) is 29.7. The highest BCUT2D eigenvalue weighted by molar-refractivity contribution is 5.85. The van der Waals surface area contributed by atoms with Crippen molar-refractivity contribution in [2.45, 2.75) is 71.2 Å². The number of imidazole rings is 1. The third-order valence-electron chi connectivity index (χ3n) is 5.71. The van der Waals surface area contributed by atoms with Crippen LogP contribution in [0.1, 0.15) is 64.3 Å². The summed E-state index contributed by atoms with van der Waals surface area (Å²) in [5.74, 6) is 0.447. The number of nitrogens with zero attached hydrogens (tertiary/aromatic N) is 4. The standard InChI is InChI=1S/C24H28F3N5O3.C2H4O2/c1-6-7-13-8-11-17(30-22(34)35-23(2,3)4)29-18(13)20-28-15-12-16(24(25,26)27)32(14-9-10-14)21(33)19(15)31(20)5;1-4-2-3/h8,11-12,14H,6-7,9-10H2,1-5H3,(H,29,30,34);2H,1H3. The summed E-state index contributed by atoms with van der Waals surface area (Å²) in [6, 6.07) is 3.88. The van der Waals surface area contributed by atoms with Crippen LogP contribution in [0.3, 0.4) is 0 Å². The normalized spacial score (nSPS) is 13.5. The maximum atomic E-state index is 13.8. The Bertz CT molecular complexity index is 1420. The van der Waals surface area contributed by atoms with Crippen molar-refractivity contribution in [1.82, 2.24) is 19.1 Å². The summed E-state index contributed by atoms with van der Waals surface area (Å²) in [6.45, 7) is 7.56. The summed E-state index contributed by atoms with van der Waals surface area (Å²) in [5.41, 5.74) is -1.22. The zero-order valence-corrected chi connectivity index (χ0v) is 22.7. The number of rotatable bonds is 6. The van der Waals surface area contributed by atoms with Gasteiger partial charge >= 0.3 is 12.3 Å². The smallest absolute Gasteiger partial charge is 0.431 e. The first-order valence-corrected chi connectivity index (χ1v) is 12.4. The van der Waals surface area contributed by atoms with Gasteiger partial charge in [-0.1, -0.05) is 19.4 Å². The number of amides is 1. The van der Waals surface area contributed by atoms with E-state index >= 15 is 0 Å². The predicted octanol–water partition coefficient (Wildman–Crippen LogP) is 5.24. The molecule has 1 aliphatic rings. The van der Waals surface area contributed by atoms with Crippen molar-refractivity contribution >= 4 is 29.4 Å². The molecule has 3 aromatic heterocycles. The first-order valence-electron chi connectivity index (χ1n) is 12.4. The number of hydrogen-bond acceptors (Lipinski definition) is 7. The Morgan fingerprint density at radius 3 is 2.36 bits per heavy atom. The molecule has 0 aliphatic heterocycles. The van der Waals surface area contributed by atoms with Gasteiger partial charge in [-0.2, -0.15) is 13.2 Å². The van der Waals surface area contributed by atoms with E-state index in [0.29, 0.717) is 31.4 Å². The van der Waals surface area contributed by atoms with Crippen molar-refractivity contribution in [3.05, 3.63) is 39.8 Å². The molecule has 3 aromatic rings. The van der Waals surface area contributed by atoms with Crippen molar-refractivity contribution in [2.24, 2.45) is 7.05 Å². The SMILES string of the molecule is CCCc1ccc(NC(=O)OC(C)(C)C)nc1-c1nc2cc(C(F)(F)F)n(C3CC3)c(=O)c2n1C.COC=O. The number of anilines is 1. The molecule has 0 radical (unpaired) electrons. The van der Waals surface area contributed by atoms with E-state index in [1.807, 2.05) is 6.92 Å². The molecule has 1 saturated carbocycles. The topological polar surface area (TPSA) is 117 Å². The molecular formula is C26H32F3N5O5. The number of aryl methyl sites for hydroxylation is 2. The molecule has 0 spiro atoms. The van der Waals surface area contributed by atoms with Crippen LogP contribution in [0.5, 0.6) is 0 Å². The molecule has 39 heavy (non-hydrogen) atoms. The number of halogens is 3. The lowest BCUT2D eigenvalue weighted by Crippen LogP contribution is -2.28. The summed E-state index contributed by atoms with van der Waals surface area (Å²) in [6.07, 6.45) is -2.91. The lowest BCUT2D eigenvalue weighted by molar-refractivity contribution is -0.144. The molecule has 10 nitrogen and oxygen atoms in total. The second-order valence-corrected chi connectivity index (χ2v) is 10.1. The highest BCUT2D eigenvalue weighted by atomic mass is 19.4.